The molecule has 0 aromatic carbocycles. The van der Waals surface area contributed by atoms with Crippen molar-refractivity contribution >= 4 is 19.0 Å². The van der Waals surface area contributed by atoms with Crippen molar-refractivity contribution in [1.82, 2.24) is 0 Å². The first kappa shape index (κ1) is 7.43. The predicted molar refractivity (Wildman–Crippen MR) is 42.9 cm³/mol. The Morgan fingerprint density at radius 3 is 1.29 bits per heavy atom. The van der Waals surface area contributed by atoms with Crippen molar-refractivity contribution < 1.29 is 0 Å². The third kappa shape index (κ3) is 3.06. The smallest absolute Gasteiger partial charge is 0.0193 e. The summed E-state index contributed by atoms with van der Waals surface area (Å²) < 4.78 is 0.861. The Morgan fingerprint density at radius 2 is 1.29 bits per heavy atom. The fourth-order valence-corrected chi connectivity index (χ4v) is 2.25. The summed E-state index contributed by atoms with van der Waals surface area (Å²) >= 11 is 0. The fraction of sp³-hybridized carbons (Fsp3) is 1.00. The lowest BCUT2D eigenvalue weighted by atomic mass is 10.5. The van der Waals surface area contributed by atoms with Gasteiger partial charge < -0.3 is 0 Å². The maximum atomic E-state index is 2.42. The van der Waals surface area contributed by atoms with Crippen LogP contribution in [0.5, 0.6) is 0 Å². The van der Waals surface area contributed by atoms with Crippen molar-refractivity contribution in [3.63, 3.8) is 0 Å². The van der Waals surface area contributed by atoms with Crippen molar-refractivity contribution in [1.29, 1.82) is 0 Å². The Hall–Kier alpha value is 0.434. The lowest BCUT2D eigenvalue weighted by molar-refractivity contribution is 0.942. The summed E-state index contributed by atoms with van der Waals surface area (Å²) in [5.41, 5.74) is 0. The quantitative estimate of drug-likeness (QED) is 0.482. The highest BCUT2D eigenvalue weighted by molar-refractivity contribution is 6.60. The van der Waals surface area contributed by atoms with Crippen LogP contribution in [0.4, 0.5) is 0 Å². The molecule has 0 aliphatic carbocycles. The molecule has 0 atom stereocenters. The molecule has 7 heavy (non-hydrogen) atoms. The van der Waals surface area contributed by atoms with Crippen LogP contribution in [-0.2, 0) is 0 Å². The number of rotatable bonds is 2. The molecule has 0 spiro atoms. The van der Waals surface area contributed by atoms with Gasteiger partial charge in [-0.15, -0.1) is 0 Å². The molecule has 0 nitrogen and oxygen atoms in total. The molecule has 0 fully saturated rings. The Labute approximate surface area is 51.3 Å². The summed E-state index contributed by atoms with van der Waals surface area (Å²) in [5.74, 6) is 0. The minimum atomic E-state index is 0.304. The van der Waals surface area contributed by atoms with E-state index < -0.39 is 0 Å². The minimum absolute atomic E-state index is 0.304. The predicted octanol–water partition coefficient (Wildman–Crippen LogP) is 0.576. The fourth-order valence-electron chi connectivity index (χ4n) is 0.250. The Bertz CT molecular complexity index is 44.0. The van der Waals surface area contributed by atoms with E-state index in [4.69, 9.17) is 0 Å². The summed E-state index contributed by atoms with van der Waals surface area (Å²) in [5, 5.41) is 0. The molecule has 2 heteroatoms. The average molecular weight is 132 g/mol. The highest BCUT2D eigenvalue weighted by Gasteiger charge is 2.10. The standard InChI is InChI=1S/C5H16Si2/c1-5(2,6-3)7-4/h6-7H2,1-4H3. The molecule has 0 aliphatic rings. The van der Waals surface area contributed by atoms with Gasteiger partial charge in [-0.05, 0) is 0 Å². The van der Waals surface area contributed by atoms with E-state index in [0.29, 0.717) is 19.0 Å². The van der Waals surface area contributed by atoms with Gasteiger partial charge in [-0.3, -0.25) is 0 Å². The van der Waals surface area contributed by atoms with E-state index >= 15 is 0 Å². The summed E-state index contributed by atoms with van der Waals surface area (Å²) in [6.45, 7) is 9.67. The van der Waals surface area contributed by atoms with Gasteiger partial charge in [-0.2, -0.15) is 0 Å². The summed E-state index contributed by atoms with van der Waals surface area (Å²) in [4.78, 5) is 0. The van der Waals surface area contributed by atoms with Gasteiger partial charge in [0.15, 0.2) is 0 Å². The van der Waals surface area contributed by atoms with Crippen molar-refractivity contribution in [2.75, 3.05) is 0 Å². The van der Waals surface area contributed by atoms with E-state index in [-0.39, 0.29) is 0 Å². The molecule has 0 heterocycles. The van der Waals surface area contributed by atoms with Crippen molar-refractivity contribution in [3.8, 4) is 0 Å². The second kappa shape index (κ2) is 2.67. The molecule has 0 aromatic rings. The zero-order chi connectivity index (χ0) is 5.91. The van der Waals surface area contributed by atoms with E-state index in [0.717, 1.165) is 4.66 Å². The third-order valence-corrected chi connectivity index (χ3v) is 8.74. The van der Waals surface area contributed by atoms with Crippen LogP contribution < -0.4 is 0 Å². The van der Waals surface area contributed by atoms with Crippen LogP contribution in [0, 0.1) is 0 Å². The van der Waals surface area contributed by atoms with Gasteiger partial charge in [-0.1, -0.05) is 31.6 Å². The summed E-state index contributed by atoms with van der Waals surface area (Å²) in [6, 6.07) is 0. The molecule has 0 aromatic heterocycles. The van der Waals surface area contributed by atoms with Crippen LogP contribution in [0.1, 0.15) is 13.8 Å². The van der Waals surface area contributed by atoms with E-state index in [1.54, 1.807) is 0 Å². The first-order valence-electron chi connectivity index (χ1n) is 3.12. The molecule has 0 saturated heterocycles. The number of hydrogen-bond donors (Lipinski definition) is 0. The molecule has 0 saturated carbocycles. The molecular formula is C5H16Si2. The molecule has 0 unspecified atom stereocenters. The average Bonchev–Trinajstić information content (AvgIpc) is 1.68. The monoisotopic (exact) mass is 132 g/mol. The highest BCUT2D eigenvalue weighted by atomic mass is 28.3. The maximum Gasteiger partial charge on any atom is 0.0193 e. The van der Waals surface area contributed by atoms with Gasteiger partial charge in [-0.25, -0.2) is 0 Å². The largest absolute Gasteiger partial charge is 0.0747 e. The lowest BCUT2D eigenvalue weighted by Crippen LogP contribution is -2.15. The van der Waals surface area contributed by atoms with Crippen LogP contribution in [0.15, 0.2) is 0 Å². The molecule has 44 valence electrons. The van der Waals surface area contributed by atoms with Gasteiger partial charge >= 0.3 is 0 Å². The van der Waals surface area contributed by atoms with Gasteiger partial charge in [0, 0.05) is 19.0 Å². The minimum Gasteiger partial charge on any atom is -0.0747 e. The van der Waals surface area contributed by atoms with Crippen LogP contribution >= 0.6 is 0 Å². The molecule has 0 radical (unpaired) electrons. The van der Waals surface area contributed by atoms with E-state index in [9.17, 15) is 0 Å². The zero-order valence-electron chi connectivity index (χ0n) is 5.91. The summed E-state index contributed by atoms with van der Waals surface area (Å²) in [6.07, 6.45) is 0. The van der Waals surface area contributed by atoms with Gasteiger partial charge in [0.2, 0.25) is 0 Å². The van der Waals surface area contributed by atoms with Crippen LogP contribution in [0.3, 0.4) is 0 Å². The Balaban J connectivity index is 3.36. The van der Waals surface area contributed by atoms with Crippen molar-refractivity contribution in [3.05, 3.63) is 0 Å². The highest BCUT2D eigenvalue weighted by Crippen LogP contribution is 2.18. The Morgan fingerprint density at radius 1 is 1.00 bits per heavy atom. The van der Waals surface area contributed by atoms with Crippen LogP contribution in [0.25, 0.3) is 0 Å². The summed E-state index contributed by atoms with van der Waals surface area (Å²) in [7, 11) is 0.607. The molecule has 0 amide bonds. The van der Waals surface area contributed by atoms with Crippen molar-refractivity contribution in [2.45, 2.75) is 31.6 Å². The van der Waals surface area contributed by atoms with Crippen LogP contribution in [-0.4, -0.2) is 19.0 Å². The van der Waals surface area contributed by atoms with E-state index in [1.807, 2.05) is 0 Å². The first-order chi connectivity index (χ1) is 3.12. The first-order valence-corrected chi connectivity index (χ1v) is 7.36. The lowest BCUT2D eigenvalue weighted by Gasteiger charge is -2.17. The van der Waals surface area contributed by atoms with Crippen LogP contribution in [0.2, 0.25) is 17.8 Å². The topological polar surface area (TPSA) is 0 Å². The number of hydrogen-bond acceptors (Lipinski definition) is 0. The van der Waals surface area contributed by atoms with Gasteiger partial charge in [0.05, 0.1) is 0 Å². The molecular weight excluding hydrogens is 116 g/mol. The third-order valence-electron chi connectivity index (χ3n) is 1.91. The van der Waals surface area contributed by atoms with E-state index in [1.165, 1.54) is 0 Å². The molecule has 0 aliphatic heterocycles. The zero-order valence-corrected chi connectivity index (χ0v) is 8.74. The van der Waals surface area contributed by atoms with Gasteiger partial charge in [0.1, 0.15) is 0 Å². The Kier molecular flexibility index (Phi) is 2.84. The van der Waals surface area contributed by atoms with Crippen molar-refractivity contribution in [2.24, 2.45) is 0 Å². The SMILES string of the molecule is C[SiH2]C(C)(C)[SiH2]C. The second-order valence-corrected chi connectivity index (χ2v) is 9.11. The maximum absolute atomic E-state index is 2.42. The molecule has 0 rings (SSSR count). The molecule has 0 bridgehead atoms. The molecule has 0 N–H and O–H groups in total. The second-order valence-electron chi connectivity index (χ2n) is 2.87. The normalized spacial score (nSPS) is 15.4. The van der Waals surface area contributed by atoms with E-state index in [2.05, 4.69) is 26.9 Å². The van der Waals surface area contributed by atoms with Gasteiger partial charge in [0.25, 0.3) is 0 Å².